The van der Waals surface area contributed by atoms with E-state index in [1.807, 2.05) is 0 Å². The summed E-state index contributed by atoms with van der Waals surface area (Å²) in [7, 11) is 0. The predicted molar refractivity (Wildman–Crippen MR) is 26.3 cm³/mol. The van der Waals surface area contributed by atoms with Crippen molar-refractivity contribution in [2.24, 2.45) is 0 Å². The Bertz CT molecular complexity index is 5.61. The van der Waals surface area contributed by atoms with Crippen LogP contribution in [-0.4, -0.2) is 27.3 Å². The molecule has 0 aliphatic heterocycles. The van der Waals surface area contributed by atoms with E-state index >= 15 is 0 Å². The van der Waals surface area contributed by atoms with Gasteiger partial charge in [-0.05, 0) is 0 Å². The van der Waals surface area contributed by atoms with E-state index in [9.17, 15) is 0 Å². The van der Waals surface area contributed by atoms with Crippen molar-refractivity contribution in [3.05, 3.63) is 0 Å². The van der Waals surface area contributed by atoms with Crippen molar-refractivity contribution in [1.82, 2.24) is 0 Å². The molecule has 30 valence electrons. The topological polar surface area (TPSA) is 0 Å². The van der Waals surface area contributed by atoms with Gasteiger partial charge in [-0.2, -0.15) is 0 Å². The Morgan fingerprint density at radius 3 is 1.20 bits per heavy atom. The van der Waals surface area contributed by atoms with Crippen LogP contribution in [0.25, 0.3) is 0 Å². The molecule has 0 heterocycles. The van der Waals surface area contributed by atoms with Crippen LogP contribution in [0.15, 0.2) is 0 Å². The first kappa shape index (κ1) is 9.33. The van der Waals surface area contributed by atoms with Gasteiger partial charge < -0.3 is 0 Å². The second-order valence-corrected chi connectivity index (χ2v) is 1.000. The molecule has 5 heavy (non-hydrogen) atoms. The van der Waals surface area contributed by atoms with Crippen LogP contribution in [0.2, 0.25) is 0 Å². The quantitative estimate of drug-likeness (QED) is 0.629. The SMILES string of the molecule is CCCC.[Pb]. The summed E-state index contributed by atoms with van der Waals surface area (Å²) < 4.78 is 0. The normalized spacial score (nSPS) is 6.00. The average molecular weight is 265 g/mol. The molecule has 0 rings (SSSR count). The standard InChI is InChI=1S/C4H10.Pb/c1-3-4-2;/h3-4H2,1-2H3;. The molecular formula is C4H10Pb. The molecule has 0 aromatic heterocycles. The maximum Gasteiger partial charge on any atom is 0 e. The van der Waals surface area contributed by atoms with Crippen molar-refractivity contribution in [1.29, 1.82) is 0 Å². The maximum atomic E-state index is 2.18. The first-order valence-corrected chi connectivity index (χ1v) is 1.91. The molecule has 0 spiro atoms. The molecule has 0 nitrogen and oxygen atoms in total. The van der Waals surface area contributed by atoms with Gasteiger partial charge >= 0.3 is 0 Å². The van der Waals surface area contributed by atoms with Gasteiger partial charge in [0.15, 0.2) is 0 Å². The third-order valence-corrected chi connectivity index (χ3v) is 0.500. The second kappa shape index (κ2) is 8.87. The Kier molecular flexibility index (Phi) is 16.5. The molecule has 0 bridgehead atoms. The fraction of sp³-hybridized carbons (Fsp3) is 1.00. The van der Waals surface area contributed by atoms with E-state index in [1.165, 1.54) is 12.8 Å². The Labute approximate surface area is 54.1 Å². The van der Waals surface area contributed by atoms with Gasteiger partial charge in [0.2, 0.25) is 0 Å². The van der Waals surface area contributed by atoms with Crippen LogP contribution in [0, 0.1) is 0 Å². The zero-order chi connectivity index (χ0) is 3.41. The first-order chi connectivity index (χ1) is 1.91. The molecule has 0 saturated heterocycles. The Balaban J connectivity index is 0. The molecule has 0 unspecified atom stereocenters. The molecule has 0 aromatic rings. The van der Waals surface area contributed by atoms with Gasteiger partial charge in [0.05, 0.1) is 0 Å². The van der Waals surface area contributed by atoms with E-state index in [0.717, 1.165) is 0 Å². The third kappa shape index (κ3) is 11.4. The van der Waals surface area contributed by atoms with E-state index in [0.29, 0.717) is 0 Å². The predicted octanol–water partition coefficient (Wildman–Crippen LogP) is 1.43. The van der Waals surface area contributed by atoms with Crippen LogP contribution in [0.3, 0.4) is 0 Å². The number of unbranched alkanes of at least 4 members (excludes halogenated alkanes) is 1. The largest absolute Gasteiger partial charge is 0.0654 e. The third-order valence-electron chi connectivity index (χ3n) is 0.500. The molecule has 1 heteroatoms. The summed E-state index contributed by atoms with van der Waals surface area (Å²) in [6.07, 6.45) is 2.64. The number of rotatable bonds is 1. The van der Waals surface area contributed by atoms with E-state index in [-0.39, 0.29) is 27.3 Å². The van der Waals surface area contributed by atoms with E-state index < -0.39 is 0 Å². The Morgan fingerprint density at radius 1 is 1.00 bits per heavy atom. The average Bonchev–Trinajstić information content (AvgIpc) is 1.37. The van der Waals surface area contributed by atoms with E-state index in [2.05, 4.69) is 13.8 Å². The summed E-state index contributed by atoms with van der Waals surface area (Å²) in [5, 5.41) is 0. The monoisotopic (exact) mass is 266 g/mol. The van der Waals surface area contributed by atoms with Gasteiger partial charge in [0, 0.05) is 27.3 Å². The van der Waals surface area contributed by atoms with Crippen molar-refractivity contribution in [3.63, 3.8) is 0 Å². The summed E-state index contributed by atoms with van der Waals surface area (Å²) in [5.74, 6) is 0. The Hall–Kier alpha value is 0.922. The van der Waals surface area contributed by atoms with Crippen molar-refractivity contribution in [2.75, 3.05) is 0 Å². The van der Waals surface area contributed by atoms with E-state index in [1.54, 1.807) is 0 Å². The summed E-state index contributed by atoms with van der Waals surface area (Å²) in [6.45, 7) is 4.36. The second-order valence-electron chi connectivity index (χ2n) is 1.000. The van der Waals surface area contributed by atoms with Gasteiger partial charge in [-0.15, -0.1) is 0 Å². The minimum Gasteiger partial charge on any atom is -0.0654 e. The first-order valence-electron chi connectivity index (χ1n) is 1.91. The zero-order valence-corrected chi connectivity index (χ0v) is 7.80. The summed E-state index contributed by atoms with van der Waals surface area (Å²) >= 11 is 0. The summed E-state index contributed by atoms with van der Waals surface area (Å²) in [6, 6.07) is 0. The molecule has 0 aromatic carbocycles. The van der Waals surface area contributed by atoms with Gasteiger partial charge in [-0.1, -0.05) is 26.7 Å². The van der Waals surface area contributed by atoms with Crippen molar-refractivity contribution < 1.29 is 0 Å². The van der Waals surface area contributed by atoms with Crippen LogP contribution < -0.4 is 0 Å². The van der Waals surface area contributed by atoms with Gasteiger partial charge in [-0.3, -0.25) is 0 Å². The molecule has 0 aliphatic carbocycles. The number of hydrogen-bond donors (Lipinski definition) is 0. The van der Waals surface area contributed by atoms with Crippen LogP contribution >= 0.6 is 0 Å². The fourth-order valence-electron chi connectivity index (χ4n) is 0. The molecule has 0 fully saturated rings. The van der Waals surface area contributed by atoms with Crippen molar-refractivity contribution in [2.45, 2.75) is 26.7 Å². The minimum atomic E-state index is 0. The van der Waals surface area contributed by atoms with Crippen LogP contribution in [0.4, 0.5) is 0 Å². The molecule has 0 atom stereocenters. The van der Waals surface area contributed by atoms with Crippen LogP contribution in [-0.2, 0) is 0 Å². The van der Waals surface area contributed by atoms with Gasteiger partial charge in [0.25, 0.3) is 0 Å². The minimum absolute atomic E-state index is 0. The fourth-order valence-corrected chi connectivity index (χ4v) is 0. The zero-order valence-electron chi connectivity index (χ0n) is 3.91. The van der Waals surface area contributed by atoms with Crippen molar-refractivity contribution in [3.8, 4) is 0 Å². The smallest absolute Gasteiger partial charge is 0 e. The molecule has 4 radical (unpaired) electrons. The van der Waals surface area contributed by atoms with Gasteiger partial charge in [0.1, 0.15) is 0 Å². The molecule has 0 N–H and O–H groups in total. The maximum absolute atomic E-state index is 2.18. The van der Waals surface area contributed by atoms with Crippen LogP contribution in [0.1, 0.15) is 26.7 Å². The molecular weight excluding hydrogens is 255 g/mol. The number of hydrogen-bond acceptors (Lipinski definition) is 0. The van der Waals surface area contributed by atoms with E-state index in [4.69, 9.17) is 0 Å². The molecule has 0 amide bonds. The molecule has 0 saturated carbocycles. The summed E-state index contributed by atoms with van der Waals surface area (Å²) in [4.78, 5) is 0. The van der Waals surface area contributed by atoms with Crippen LogP contribution in [0.5, 0.6) is 0 Å². The van der Waals surface area contributed by atoms with Crippen molar-refractivity contribution >= 4 is 27.3 Å². The van der Waals surface area contributed by atoms with Gasteiger partial charge in [-0.25, -0.2) is 0 Å². The molecule has 0 aliphatic rings. The summed E-state index contributed by atoms with van der Waals surface area (Å²) in [5.41, 5.74) is 0. The Morgan fingerprint density at radius 2 is 1.20 bits per heavy atom.